The summed E-state index contributed by atoms with van der Waals surface area (Å²) in [6.07, 6.45) is 2.17. The molecule has 100 valence electrons. The summed E-state index contributed by atoms with van der Waals surface area (Å²) in [7, 11) is 0. The van der Waals surface area contributed by atoms with Gasteiger partial charge in [-0.2, -0.15) is 0 Å². The van der Waals surface area contributed by atoms with Gasteiger partial charge in [0.2, 0.25) is 0 Å². The Morgan fingerprint density at radius 1 is 1.26 bits per heavy atom. The molecule has 0 saturated heterocycles. The number of aromatic nitrogens is 1. The molecule has 1 aliphatic carbocycles. The van der Waals surface area contributed by atoms with Gasteiger partial charge >= 0.3 is 0 Å². The lowest BCUT2D eigenvalue weighted by Crippen LogP contribution is -1.93. The Morgan fingerprint density at radius 2 is 1.95 bits per heavy atom. The van der Waals surface area contributed by atoms with Crippen LogP contribution in [0.4, 0.5) is 4.39 Å². The summed E-state index contributed by atoms with van der Waals surface area (Å²) < 4.78 is 19.0. The molecule has 0 bridgehead atoms. The number of hydrogen-bond acceptors (Lipinski definition) is 2. The number of benzene rings is 1. The van der Waals surface area contributed by atoms with Crippen LogP contribution in [-0.2, 0) is 12.1 Å². The molecular formula is C16H18FNO. The minimum atomic E-state index is -1.25. The standard InChI is InChI=1S/C16H18FNO/c1-11(2)9-12-3-5-13(6-4-12)14-10-15(19-18-14)16(17)7-8-16/h3-6,10-11H,7-9H2,1-2H3. The zero-order valence-electron chi connectivity index (χ0n) is 11.3. The number of alkyl halides is 1. The number of hydrogen-bond donors (Lipinski definition) is 0. The van der Waals surface area contributed by atoms with Gasteiger partial charge < -0.3 is 4.52 Å². The summed E-state index contributed by atoms with van der Waals surface area (Å²) >= 11 is 0. The maximum absolute atomic E-state index is 13.8. The monoisotopic (exact) mass is 259 g/mol. The summed E-state index contributed by atoms with van der Waals surface area (Å²) in [5.74, 6) is 1.01. The second-order valence-electron chi connectivity index (χ2n) is 5.84. The molecule has 0 aliphatic heterocycles. The number of rotatable bonds is 4. The van der Waals surface area contributed by atoms with Gasteiger partial charge in [-0.1, -0.05) is 43.3 Å². The Hall–Kier alpha value is -1.64. The van der Waals surface area contributed by atoms with Gasteiger partial charge in [0.05, 0.1) is 0 Å². The molecule has 3 rings (SSSR count). The fourth-order valence-corrected chi connectivity index (χ4v) is 2.26. The van der Waals surface area contributed by atoms with Gasteiger partial charge in [0.15, 0.2) is 11.4 Å². The summed E-state index contributed by atoms with van der Waals surface area (Å²) in [4.78, 5) is 0. The van der Waals surface area contributed by atoms with Crippen LogP contribution >= 0.6 is 0 Å². The van der Waals surface area contributed by atoms with Gasteiger partial charge in [0, 0.05) is 11.6 Å². The van der Waals surface area contributed by atoms with E-state index in [0.29, 0.717) is 24.5 Å². The summed E-state index contributed by atoms with van der Waals surface area (Å²) in [5.41, 5.74) is 1.76. The van der Waals surface area contributed by atoms with Crippen LogP contribution in [-0.4, -0.2) is 5.16 Å². The zero-order chi connectivity index (χ0) is 13.5. The first kappa shape index (κ1) is 12.4. The molecule has 0 radical (unpaired) electrons. The van der Waals surface area contributed by atoms with Crippen molar-refractivity contribution in [1.29, 1.82) is 0 Å². The molecule has 0 atom stereocenters. The topological polar surface area (TPSA) is 26.0 Å². The molecule has 0 spiro atoms. The molecule has 1 aliphatic rings. The third kappa shape index (κ3) is 2.55. The van der Waals surface area contributed by atoms with Gasteiger partial charge in [-0.15, -0.1) is 0 Å². The van der Waals surface area contributed by atoms with E-state index in [1.807, 2.05) is 12.1 Å². The van der Waals surface area contributed by atoms with Crippen molar-refractivity contribution in [2.45, 2.75) is 38.8 Å². The van der Waals surface area contributed by atoms with Crippen molar-refractivity contribution in [3.05, 3.63) is 41.7 Å². The Labute approximate surface area is 112 Å². The van der Waals surface area contributed by atoms with Crippen LogP contribution in [0.2, 0.25) is 0 Å². The van der Waals surface area contributed by atoms with Crippen LogP contribution in [0.1, 0.15) is 38.0 Å². The lowest BCUT2D eigenvalue weighted by molar-refractivity contribution is 0.235. The van der Waals surface area contributed by atoms with E-state index in [1.54, 1.807) is 6.07 Å². The van der Waals surface area contributed by atoms with Crippen LogP contribution in [0.3, 0.4) is 0 Å². The predicted molar refractivity (Wildman–Crippen MR) is 72.5 cm³/mol. The van der Waals surface area contributed by atoms with E-state index in [-0.39, 0.29) is 0 Å². The van der Waals surface area contributed by atoms with Crippen LogP contribution in [0.5, 0.6) is 0 Å². The van der Waals surface area contributed by atoms with Gasteiger partial charge in [0.25, 0.3) is 0 Å². The van der Waals surface area contributed by atoms with Crippen LogP contribution in [0, 0.1) is 5.92 Å². The van der Waals surface area contributed by atoms with Gasteiger partial charge in [-0.05, 0) is 30.7 Å². The van der Waals surface area contributed by atoms with E-state index in [1.165, 1.54) is 5.56 Å². The van der Waals surface area contributed by atoms with E-state index in [0.717, 1.165) is 17.7 Å². The van der Waals surface area contributed by atoms with E-state index in [4.69, 9.17) is 4.52 Å². The Bertz CT molecular complexity index is 567. The lowest BCUT2D eigenvalue weighted by Gasteiger charge is -2.05. The fraction of sp³-hybridized carbons (Fsp3) is 0.438. The first-order valence-electron chi connectivity index (χ1n) is 6.82. The van der Waals surface area contributed by atoms with Crippen molar-refractivity contribution in [3.63, 3.8) is 0 Å². The van der Waals surface area contributed by atoms with Crippen molar-refractivity contribution < 1.29 is 8.91 Å². The smallest absolute Gasteiger partial charge is 0.174 e. The maximum Gasteiger partial charge on any atom is 0.174 e. The quantitative estimate of drug-likeness (QED) is 0.808. The minimum Gasteiger partial charge on any atom is -0.357 e. The molecule has 1 fully saturated rings. The van der Waals surface area contributed by atoms with Crippen molar-refractivity contribution in [3.8, 4) is 11.3 Å². The third-order valence-electron chi connectivity index (χ3n) is 3.53. The molecule has 0 amide bonds. The van der Waals surface area contributed by atoms with E-state index < -0.39 is 5.67 Å². The molecule has 1 aromatic carbocycles. The van der Waals surface area contributed by atoms with Crippen LogP contribution < -0.4 is 0 Å². The molecule has 3 heteroatoms. The van der Waals surface area contributed by atoms with Gasteiger partial charge in [-0.25, -0.2) is 4.39 Å². The van der Waals surface area contributed by atoms with Crippen LogP contribution in [0.25, 0.3) is 11.3 Å². The molecule has 1 heterocycles. The van der Waals surface area contributed by atoms with Crippen molar-refractivity contribution in [1.82, 2.24) is 5.16 Å². The van der Waals surface area contributed by atoms with Gasteiger partial charge in [-0.3, -0.25) is 0 Å². The Balaban J connectivity index is 1.80. The van der Waals surface area contributed by atoms with Crippen LogP contribution in [0.15, 0.2) is 34.9 Å². The van der Waals surface area contributed by atoms with E-state index in [2.05, 4.69) is 31.1 Å². The summed E-state index contributed by atoms with van der Waals surface area (Å²) in [6, 6.07) is 9.98. The molecule has 19 heavy (non-hydrogen) atoms. The van der Waals surface area contributed by atoms with Crippen molar-refractivity contribution in [2.75, 3.05) is 0 Å². The highest BCUT2D eigenvalue weighted by molar-refractivity contribution is 5.59. The fourth-order valence-electron chi connectivity index (χ4n) is 2.26. The Morgan fingerprint density at radius 3 is 2.53 bits per heavy atom. The molecule has 2 aromatic rings. The summed E-state index contributed by atoms with van der Waals surface area (Å²) in [6.45, 7) is 4.41. The highest BCUT2D eigenvalue weighted by Gasteiger charge is 2.48. The molecule has 1 aromatic heterocycles. The van der Waals surface area contributed by atoms with Crippen molar-refractivity contribution >= 4 is 0 Å². The minimum absolute atomic E-state index is 0.369. The average Bonchev–Trinajstić information content (AvgIpc) is 2.93. The van der Waals surface area contributed by atoms with E-state index in [9.17, 15) is 4.39 Å². The van der Waals surface area contributed by atoms with Gasteiger partial charge in [0.1, 0.15) is 5.69 Å². The second kappa shape index (κ2) is 4.48. The first-order chi connectivity index (χ1) is 9.07. The first-order valence-corrected chi connectivity index (χ1v) is 6.82. The molecule has 0 N–H and O–H groups in total. The molecule has 2 nitrogen and oxygen atoms in total. The summed E-state index contributed by atoms with van der Waals surface area (Å²) in [5, 5.41) is 3.97. The predicted octanol–water partition coefficient (Wildman–Crippen LogP) is 4.50. The normalized spacial score (nSPS) is 16.8. The zero-order valence-corrected chi connectivity index (χ0v) is 11.3. The largest absolute Gasteiger partial charge is 0.357 e. The lowest BCUT2D eigenvalue weighted by atomic mass is 10.0. The highest BCUT2D eigenvalue weighted by atomic mass is 19.1. The molecular weight excluding hydrogens is 241 g/mol. The molecule has 0 unspecified atom stereocenters. The third-order valence-corrected chi connectivity index (χ3v) is 3.53. The molecule has 1 saturated carbocycles. The number of halogens is 1. The highest BCUT2D eigenvalue weighted by Crippen LogP contribution is 2.50. The van der Waals surface area contributed by atoms with Crippen molar-refractivity contribution in [2.24, 2.45) is 5.92 Å². The maximum atomic E-state index is 13.8. The number of nitrogens with zero attached hydrogens (tertiary/aromatic N) is 1. The average molecular weight is 259 g/mol. The second-order valence-corrected chi connectivity index (χ2v) is 5.84. The SMILES string of the molecule is CC(C)Cc1ccc(-c2cc(C3(F)CC3)on2)cc1. The Kier molecular flexibility index (Phi) is 2.92. The van der Waals surface area contributed by atoms with E-state index >= 15 is 0 Å².